The molecule has 1 atom stereocenters. The van der Waals surface area contributed by atoms with Gasteiger partial charge in [0, 0.05) is 13.4 Å². The van der Waals surface area contributed by atoms with E-state index >= 15 is 0 Å². The van der Waals surface area contributed by atoms with E-state index in [-0.39, 0.29) is 13.4 Å². The maximum absolute atomic E-state index is 11.8. The quantitative estimate of drug-likeness (QED) is 0.713. The minimum atomic E-state index is 0. The van der Waals surface area contributed by atoms with Crippen LogP contribution in [0.1, 0.15) is 35.5 Å². The van der Waals surface area contributed by atoms with Crippen LogP contribution in [0.25, 0.3) is 0 Å². The topological polar surface area (TPSA) is 29.1 Å². The van der Waals surface area contributed by atoms with Crippen LogP contribution in [0.3, 0.4) is 0 Å². The first-order valence-electron chi connectivity index (χ1n) is 5.27. The van der Waals surface area contributed by atoms with E-state index < -0.39 is 0 Å². The van der Waals surface area contributed by atoms with E-state index in [0.717, 1.165) is 12.2 Å². The minimum absolute atomic E-state index is 0. The molecule has 3 heteroatoms. The molecule has 0 aliphatic heterocycles. The van der Waals surface area contributed by atoms with Gasteiger partial charge in [-0.1, -0.05) is 27.7 Å². The summed E-state index contributed by atoms with van der Waals surface area (Å²) in [6, 6.07) is 0.423. The summed E-state index contributed by atoms with van der Waals surface area (Å²) in [4.78, 5) is 11.8. The van der Waals surface area contributed by atoms with Crippen LogP contribution in [0, 0.1) is 5.92 Å². The Labute approximate surface area is 93.7 Å². The second-order valence-corrected chi connectivity index (χ2v) is 5.20. The lowest BCUT2D eigenvalue weighted by Crippen LogP contribution is -2.43. The molecule has 86 valence electrons. The van der Waals surface area contributed by atoms with Gasteiger partial charge in [-0.05, 0) is 18.4 Å². The number of ketones is 1. The summed E-state index contributed by atoms with van der Waals surface area (Å²) in [5, 5.41) is 3.33. The van der Waals surface area contributed by atoms with Crippen molar-refractivity contribution in [3.63, 3.8) is 0 Å². The van der Waals surface area contributed by atoms with Crippen LogP contribution in [0.5, 0.6) is 0 Å². The van der Waals surface area contributed by atoms with Crippen molar-refractivity contribution in [2.24, 2.45) is 5.92 Å². The zero-order chi connectivity index (χ0) is 11.1. The summed E-state index contributed by atoms with van der Waals surface area (Å²) in [5.74, 6) is 1.52. The molecular formula is C11H25NOS. The molecule has 14 heavy (non-hydrogen) atoms. The van der Waals surface area contributed by atoms with E-state index in [9.17, 15) is 4.79 Å². The average Bonchev–Trinajstić information content (AvgIpc) is 2.10. The van der Waals surface area contributed by atoms with Gasteiger partial charge >= 0.3 is 0 Å². The number of carbonyl (C=O) groups is 1. The third-order valence-electron chi connectivity index (χ3n) is 2.06. The Morgan fingerprint density at radius 3 is 2.29 bits per heavy atom. The maximum atomic E-state index is 11.8. The Morgan fingerprint density at radius 1 is 1.36 bits per heavy atom. The fraction of sp³-hybridized carbons (Fsp3) is 0.909. The number of nitrogens with one attached hydrogen (secondary N) is 1. The molecule has 0 aromatic rings. The maximum Gasteiger partial charge on any atom is 0.152 e. The highest BCUT2D eigenvalue weighted by molar-refractivity contribution is 7.98. The van der Waals surface area contributed by atoms with Gasteiger partial charge in [-0.25, -0.2) is 0 Å². The van der Waals surface area contributed by atoms with Crippen molar-refractivity contribution < 1.29 is 6.22 Å². The Kier molecular flexibility index (Phi) is 7.28. The van der Waals surface area contributed by atoms with Gasteiger partial charge in [0.2, 0.25) is 0 Å². The molecule has 0 saturated heterocycles. The van der Waals surface area contributed by atoms with Crippen molar-refractivity contribution in [3.05, 3.63) is 0 Å². The third-order valence-corrected chi connectivity index (χ3v) is 2.70. The summed E-state index contributed by atoms with van der Waals surface area (Å²) in [7, 11) is 0. The number of hydrogen-bond acceptors (Lipinski definition) is 3. The lowest BCUT2D eigenvalue weighted by atomic mass is 9.99. The first-order valence-corrected chi connectivity index (χ1v) is 6.67. The number of thioether (sulfide) groups is 1. The summed E-state index contributed by atoms with van der Waals surface area (Å²) in [6.45, 7) is 8.10. The molecule has 0 rings (SSSR count). The molecule has 0 saturated carbocycles. The van der Waals surface area contributed by atoms with Gasteiger partial charge in [0.05, 0.1) is 6.04 Å². The van der Waals surface area contributed by atoms with Crippen LogP contribution >= 0.6 is 11.8 Å². The van der Waals surface area contributed by atoms with Crippen molar-refractivity contribution in [1.29, 1.82) is 0 Å². The van der Waals surface area contributed by atoms with Crippen LogP contribution in [0.2, 0.25) is 0 Å². The fourth-order valence-corrected chi connectivity index (χ4v) is 1.82. The molecule has 0 bridgehead atoms. The smallest absolute Gasteiger partial charge is 0.152 e. The molecule has 0 spiro atoms. The highest BCUT2D eigenvalue weighted by Gasteiger charge is 2.20. The second kappa shape index (κ2) is 7.30. The molecule has 0 fully saturated rings. The largest absolute Gasteiger partial charge is 0.305 e. The highest BCUT2D eigenvalue weighted by atomic mass is 32.2. The van der Waals surface area contributed by atoms with Gasteiger partial charge in [0.25, 0.3) is 0 Å². The number of Topliss-reactive ketones (excluding diaryl/α,β-unsaturated/α-hetero) is 1. The SMILES string of the molecule is CSCCC(NC(C)C)C(=O)C(C)C.[HH]. The first kappa shape index (κ1) is 14.0. The number of carbonyl (C=O) groups excluding carboxylic acids is 1. The summed E-state index contributed by atoms with van der Waals surface area (Å²) >= 11 is 1.79. The molecule has 1 unspecified atom stereocenters. The van der Waals surface area contributed by atoms with E-state index in [0.29, 0.717) is 11.8 Å². The fourth-order valence-electron chi connectivity index (χ4n) is 1.35. The molecule has 2 nitrogen and oxygen atoms in total. The van der Waals surface area contributed by atoms with E-state index in [4.69, 9.17) is 0 Å². The molecule has 0 aromatic heterocycles. The monoisotopic (exact) mass is 219 g/mol. The van der Waals surface area contributed by atoms with Gasteiger partial charge in [-0.3, -0.25) is 4.79 Å². The normalized spacial score (nSPS) is 13.6. The van der Waals surface area contributed by atoms with Crippen LogP contribution < -0.4 is 5.32 Å². The van der Waals surface area contributed by atoms with Crippen molar-refractivity contribution in [3.8, 4) is 0 Å². The Bertz CT molecular complexity index is 174. The predicted molar refractivity (Wildman–Crippen MR) is 67.0 cm³/mol. The highest BCUT2D eigenvalue weighted by Crippen LogP contribution is 2.08. The van der Waals surface area contributed by atoms with Crippen LogP contribution in [0.4, 0.5) is 0 Å². The van der Waals surface area contributed by atoms with Crippen molar-refractivity contribution >= 4 is 17.5 Å². The van der Waals surface area contributed by atoms with Gasteiger partial charge < -0.3 is 5.32 Å². The van der Waals surface area contributed by atoms with E-state index in [2.05, 4.69) is 25.4 Å². The van der Waals surface area contributed by atoms with E-state index in [1.54, 1.807) is 11.8 Å². The molecule has 0 aliphatic rings. The summed E-state index contributed by atoms with van der Waals surface area (Å²) < 4.78 is 0. The average molecular weight is 219 g/mol. The van der Waals surface area contributed by atoms with Crippen molar-refractivity contribution in [2.75, 3.05) is 12.0 Å². The molecule has 1 N–H and O–H groups in total. The molecule has 0 heterocycles. The standard InChI is InChI=1S/C11H23NOS.H2/c1-8(2)11(13)10(6-7-14-5)12-9(3)4;/h8-10,12H,6-7H2,1-5H3;1H. The second-order valence-electron chi connectivity index (χ2n) is 4.21. The van der Waals surface area contributed by atoms with Gasteiger partial charge in [0.1, 0.15) is 0 Å². The zero-order valence-electron chi connectivity index (χ0n) is 9.96. The molecule has 0 amide bonds. The van der Waals surface area contributed by atoms with Gasteiger partial charge in [0.15, 0.2) is 5.78 Å². The zero-order valence-corrected chi connectivity index (χ0v) is 10.8. The predicted octanol–water partition coefficient (Wildman–Crippen LogP) is 2.58. The van der Waals surface area contributed by atoms with Crippen molar-refractivity contribution in [1.82, 2.24) is 5.32 Å². The first-order chi connectivity index (χ1) is 6.49. The van der Waals surface area contributed by atoms with Gasteiger partial charge in [-0.15, -0.1) is 0 Å². The minimum Gasteiger partial charge on any atom is -0.305 e. The van der Waals surface area contributed by atoms with Crippen LogP contribution in [-0.2, 0) is 4.79 Å². The van der Waals surface area contributed by atoms with Crippen LogP contribution in [0.15, 0.2) is 0 Å². The number of hydrogen-bond donors (Lipinski definition) is 1. The third kappa shape index (κ3) is 5.66. The molecular weight excluding hydrogens is 194 g/mol. The molecule has 0 radical (unpaired) electrons. The molecule has 0 aliphatic carbocycles. The van der Waals surface area contributed by atoms with E-state index in [1.165, 1.54) is 0 Å². The molecule has 0 aromatic carbocycles. The van der Waals surface area contributed by atoms with Crippen LogP contribution in [-0.4, -0.2) is 29.9 Å². The Balaban J connectivity index is 0. The number of rotatable bonds is 7. The van der Waals surface area contributed by atoms with E-state index in [1.807, 2.05) is 13.8 Å². The lowest BCUT2D eigenvalue weighted by molar-refractivity contribution is -0.124. The Hall–Kier alpha value is -0.0200. The van der Waals surface area contributed by atoms with Gasteiger partial charge in [-0.2, -0.15) is 11.8 Å². The Morgan fingerprint density at radius 2 is 1.93 bits per heavy atom. The van der Waals surface area contributed by atoms with Crippen molar-refractivity contribution in [2.45, 2.75) is 46.2 Å². The summed E-state index contributed by atoms with van der Waals surface area (Å²) in [5.41, 5.74) is 0. The summed E-state index contributed by atoms with van der Waals surface area (Å²) in [6.07, 6.45) is 3.02. The lowest BCUT2D eigenvalue weighted by Gasteiger charge is -2.21.